The molecule has 0 aliphatic rings. The summed E-state index contributed by atoms with van der Waals surface area (Å²) in [4.78, 5) is 0. The molecular weight excluding hydrogens is 286 g/mol. The molecule has 16 heavy (non-hydrogen) atoms. The minimum Gasteiger partial charge on any atom is -0.322 e. The first kappa shape index (κ1) is 14.1. The van der Waals surface area contributed by atoms with E-state index in [1.807, 2.05) is 22.6 Å². The average molecular weight is 306 g/mol. The van der Waals surface area contributed by atoms with E-state index in [4.69, 9.17) is 5.73 Å². The van der Waals surface area contributed by atoms with Crippen LogP contribution in [0.1, 0.15) is 38.4 Å². The second-order valence-electron chi connectivity index (χ2n) is 3.78. The first-order chi connectivity index (χ1) is 7.70. The third-order valence-electron chi connectivity index (χ3n) is 2.27. The minimum atomic E-state index is 0.0694. The lowest BCUT2D eigenvalue weighted by Gasteiger charge is -2.14. The van der Waals surface area contributed by atoms with Crippen LogP contribution < -0.4 is 5.73 Å². The number of aryl methyl sites for hydroxylation is 1. The fourth-order valence-electron chi connectivity index (χ4n) is 1.56. The molecular formula is C11H20BrN3S. The zero-order chi connectivity index (χ0) is 12.0. The molecule has 1 atom stereocenters. The Balaban J connectivity index is 2.65. The van der Waals surface area contributed by atoms with E-state index in [-0.39, 0.29) is 6.04 Å². The number of hydrogen-bond donors (Lipinski definition) is 1. The van der Waals surface area contributed by atoms with Gasteiger partial charge < -0.3 is 5.73 Å². The van der Waals surface area contributed by atoms with Crippen molar-refractivity contribution in [1.82, 2.24) is 9.78 Å². The van der Waals surface area contributed by atoms with Gasteiger partial charge in [0.15, 0.2) is 0 Å². The molecule has 3 nitrogen and oxygen atoms in total. The van der Waals surface area contributed by atoms with Gasteiger partial charge in [0.1, 0.15) is 0 Å². The van der Waals surface area contributed by atoms with Crippen molar-refractivity contribution in [2.45, 2.75) is 39.3 Å². The summed E-state index contributed by atoms with van der Waals surface area (Å²) in [5, 5.41) is 4.34. The topological polar surface area (TPSA) is 43.8 Å². The van der Waals surface area contributed by atoms with E-state index in [9.17, 15) is 0 Å². The molecule has 0 radical (unpaired) electrons. The zero-order valence-electron chi connectivity index (χ0n) is 9.95. The molecule has 0 aromatic carbocycles. The van der Waals surface area contributed by atoms with Crippen molar-refractivity contribution in [2.24, 2.45) is 5.73 Å². The molecule has 1 unspecified atom stereocenters. The number of nitrogens with zero attached hydrogens (tertiary/aromatic N) is 2. The van der Waals surface area contributed by atoms with E-state index < -0.39 is 0 Å². The van der Waals surface area contributed by atoms with E-state index in [2.05, 4.69) is 34.9 Å². The van der Waals surface area contributed by atoms with Gasteiger partial charge in [-0.2, -0.15) is 16.9 Å². The Kier molecular flexibility index (Phi) is 6.46. The molecule has 0 amide bonds. The van der Waals surface area contributed by atoms with Crippen LogP contribution in [0.4, 0.5) is 0 Å². The lowest BCUT2D eigenvalue weighted by Crippen LogP contribution is -2.19. The van der Waals surface area contributed by atoms with Gasteiger partial charge >= 0.3 is 0 Å². The number of hydrogen-bond acceptors (Lipinski definition) is 3. The van der Waals surface area contributed by atoms with Crippen LogP contribution in [0, 0.1) is 0 Å². The summed E-state index contributed by atoms with van der Waals surface area (Å²) in [6.45, 7) is 5.28. The van der Waals surface area contributed by atoms with E-state index in [0.29, 0.717) is 0 Å². The Morgan fingerprint density at radius 3 is 2.88 bits per heavy atom. The molecule has 0 saturated heterocycles. The van der Waals surface area contributed by atoms with Crippen LogP contribution in [0.3, 0.4) is 0 Å². The largest absolute Gasteiger partial charge is 0.322 e. The van der Waals surface area contributed by atoms with Gasteiger partial charge in [0.2, 0.25) is 0 Å². The lowest BCUT2D eigenvalue weighted by molar-refractivity contribution is 0.553. The molecule has 1 rings (SSSR count). The summed E-state index contributed by atoms with van der Waals surface area (Å²) in [5.74, 6) is 2.13. The molecule has 0 bridgehead atoms. The van der Waals surface area contributed by atoms with Gasteiger partial charge in [-0.15, -0.1) is 0 Å². The maximum absolute atomic E-state index is 6.20. The van der Waals surface area contributed by atoms with E-state index in [0.717, 1.165) is 28.9 Å². The second-order valence-corrected chi connectivity index (χ2v) is 5.79. The maximum Gasteiger partial charge on any atom is 0.0701 e. The van der Waals surface area contributed by atoms with Crippen LogP contribution in [0.15, 0.2) is 10.7 Å². The summed E-state index contributed by atoms with van der Waals surface area (Å²) >= 11 is 5.43. The summed E-state index contributed by atoms with van der Waals surface area (Å²) in [6.07, 6.45) is 4.12. The van der Waals surface area contributed by atoms with Gasteiger partial charge in [-0.05, 0) is 34.5 Å². The second kappa shape index (κ2) is 7.35. The van der Waals surface area contributed by atoms with Crippen molar-refractivity contribution in [2.75, 3.05) is 11.5 Å². The Labute approximate surface area is 110 Å². The molecule has 0 aliphatic heterocycles. The standard InChI is InChI=1S/C11H20BrN3S/c1-3-5-15-11(9(12)7-14-15)10(13)8-16-6-4-2/h7,10H,3-6,8,13H2,1-2H3. The maximum atomic E-state index is 6.20. The monoisotopic (exact) mass is 305 g/mol. The Bertz CT molecular complexity index is 314. The van der Waals surface area contributed by atoms with Gasteiger partial charge in [-0.3, -0.25) is 4.68 Å². The van der Waals surface area contributed by atoms with Crippen molar-refractivity contribution >= 4 is 27.7 Å². The predicted molar refractivity (Wildman–Crippen MR) is 74.8 cm³/mol. The normalized spacial score (nSPS) is 13.0. The fraction of sp³-hybridized carbons (Fsp3) is 0.727. The molecule has 0 aliphatic carbocycles. The van der Waals surface area contributed by atoms with Gasteiger partial charge in [0.25, 0.3) is 0 Å². The van der Waals surface area contributed by atoms with E-state index in [1.165, 1.54) is 12.2 Å². The zero-order valence-corrected chi connectivity index (χ0v) is 12.4. The highest BCUT2D eigenvalue weighted by atomic mass is 79.9. The van der Waals surface area contributed by atoms with Gasteiger partial charge in [0.05, 0.1) is 22.4 Å². The van der Waals surface area contributed by atoms with Crippen molar-refractivity contribution < 1.29 is 0 Å². The minimum absolute atomic E-state index is 0.0694. The number of thioether (sulfide) groups is 1. The Morgan fingerprint density at radius 2 is 2.25 bits per heavy atom. The average Bonchev–Trinajstić information content (AvgIpc) is 2.61. The number of halogens is 1. The van der Waals surface area contributed by atoms with Crippen LogP contribution in [-0.2, 0) is 6.54 Å². The molecule has 1 heterocycles. The molecule has 0 fully saturated rings. The van der Waals surface area contributed by atoms with Gasteiger partial charge in [-0.25, -0.2) is 0 Å². The predicted octanol–water partition coefficient (Wildman–Crippen LogP) is 3.20. The van der Waals surface area contributed by atoms with Crippen LogP contribution in [0.25, 0.3) is 0 Å². The van der Waals surface area contributed by atoms with Crippen LogP contribution in [-0.4, -0.2) is 21.3 Å². The van der Waals surface area contributed by atoms with Crippen LogP contribution >= 0.6 is 27.7 Å². The summed E-state index contributed by atoms with van der Waals surface area (Å²) in [6, 6.07) is 0.0694. The Hall–Kier alpha value is 0. The molecule has 2 N–H and O–H groups in total. The molecule has 1 aromatic rings. The summed E-state index contributed by atoms with van der Waals surface area (Å²) < 4.78 is 3.05. The molecule has 5 heteroatoms. The van der Waals surface area contributed by atoms with Crippen molar-refractivity contribution in [3.05, 3.63) is 16.4 Å². The van der Waals surface area contributed by atoms with Crippen LogP contribution in [0.5, 0.6) is 0 Å². The SMILES string of the molecule is CCCSCC(N)c1c(Br)cnn1CCC. The van der Waals surface area contributed by atoms with Crippen molar-refractivity contribution in [1.29, 1.82) is 0 Å². The lowest BCUT2D eigenvalue weighted by atomic mass is 10.2. The van der Waals surface area contributed by atoms with Gasteiger partial charge in [-0.1, -0.05) is 13.8 Å². The van der Waals surface area contributed by atoms with Crippen molar-refractivity contribution in [3.8, 4) is 0 Å². The highest BCUT2D eigenvalue weighted by Gasteiger charge is 2.15. The van der Waals surface area contributed by atoms with Crippen LogP contribution in [0.2, 0.25) is 0 Å². The molecule has 0 saturated carbocycles. The highest BCUT2D eigenvalue weighted by molar-refractivity contribution is 9.10. The fourth-order valence-corrected chi connectivity index (χ4v) is 3.02. The van der Waals surface area contributed by atoms with E-state index >= 15 is 0 Å². The molecule has 92 valence electrons. The highest BCUT2D eigenvalue weighted by Crippen LogP contribution is 2.24. The smallest absolute Gasteiger partial charge is 0.0701 e. The third kappa shape index (κ3) is 3.79. The Morgan fingerprint density at radius 1 is 1.50 bits per heavy atom. The third-order valence-corrected chi connectivity index (χ3v) is 4.17. The summed E-state index contributed by atoms with van der Waals surface area (Å²) in [7, 11) is 0. The quantitative estimate of drug-likeness (QED) is 0.787. The van der Waals surface area contributed by atoms with Gasteiger partial charge in [0, 0.05) is 12.3 Å². The number of rotatable bonds is 7. The number of nitrogens with two attached hydrogens (primary N) is 1. The van der Waals surface area contributed by atoms with Crippen molar-refractivity contribution in [3.63, 3.8) is 0 Å². The van der Waals surface area contributed by atoms with E-state index in [1.54, 1.807) is 0 Å². The summed E-state index contributed by atoms with van der Waals surface area (Å²) in [5.41, 5.74) is 7.33. The first-order valence-corrected chi connectivity index (χ1v) is 7.70. The first-order valence-electron chi connectivity index (χ1n) is 5.75. The number of aromatic nitrogens is 2. The molecule has 1 aromatic heterocycles. The molecule has 0 spiro atoms.